The summed E-state index contributed by atoms with van der Waals surface area (Å²) >= 11 is 0. The van der Waals surface area contributed by atoms with Crippen LogP contribution in [0.2, 0.25) is 0 Å². The summed E-state index contributed by atoms with van der Waals surface area (Å²) in [5.41, 5.74) is 7.41. The maximum absolute atomic E-state index is 10.7. The lowest BCUT2D eigenvalue weighted by atomic mass is 9.89. The second-order valence-corrected chi connectivity index (χ2v) is 4.25. The monoisotopic (exact) mass is 205 g/mol. The van der Waals surface area contributed by atoms with E-state index in [9.17, 15) is 4.79 Å². The molecule has 1 aromatic carbocycles. The summed E-state index contributed by atoms with van der Waals surface area (Å²) in [7, 11) is 0. The van der Waals surface area contributed by atoms with Crippen molar-refractivity contribution in [2.75, 3.05) is 0 Å². The third-order valence-corrected chi connectivity index (χ3v) is 3.20. The normalized spacial score (nSPS) is 19.0. The molecule has 1 aliphatic rings. The largest absolute Gasteiger partial charge is 0.478 e. The van der Waals surface area contributed by atoms with Gasteiger partial charge in [-0.3, -0.25) is 0 Å². The number of hydrogen-bond acceptors (Lipinski definition) is 2. The molecule has 15 heavy (non-hydrogen) atoms. The topological polar surface area (TPSA) is 63.3 Å². The van der Waals surface area contributed by atoms with Gasteiger partial charge in [-0.2, -0.15) is 0 Å². The van der Waals surface area contributed by atoms with Gasteiger partial charge >= 0.3 is 5.97 Å². The van der Waals surface area contributed by atoms with Gasteiger partial charge in [0.15, 0.2) is 0 Å². The molecule has 0 spiro atoms. The maximum atomic E-state index is 10.7. The predicted octanol–water partition coefficient (Wildman–Crippen LogP) is 2.11. The molecule has 0 aliphatic heterocycles. The van der Waals surface area contributed by atoms with Crippen LogP contribution in [0.3, 0.4) is 0 Å². The summed E-state index contributed by atoms with van der Waals surface area (Å²) in [6.07, 6.45) is 4.33. The molecule has 0 radical (unpaired) electrons. The van der Waals surface area contributed by atoms with Gasteiger partial charge < -0.3 is 10.8 Å². The van der Waals surface area contributed by atoms with Crippen molar-refractivity contribution in [1.29, 1.82) is 0 Å². The molecule has 80 valence electrons. The number of aromatic carboxylic acids is 1. The Labute approximate surface area is 88.9 Å². The molecule has 3 N–H and O–H groups in total. The van der Waals surface area contributed by atoms with Crippen molar-refractivity contribution in [3.63, 3.8) is 0 Å². The molecule has 0 aromatic heterocycles. The second kappa shape index (κ2) is 3.66. The van der Waals surface area contributed by atoms with E-state index in [-0.39, 0.29) is 5.54 Å². The molecule has 1 aliphatic carbocycles. The fraction of sp³-hybridized carbons (Fsp3) is 0.417. The zero-order valence-electron chi connectivity index (χ0n) is 8.57. The minimum absolute atomic E-state index is 0.225. The molecule has 3 nitrogen and oxygen atoms in total. The van der Waals surface area contributed by atoms with Crippen molar-refractivity contribution < 1.29 is 9.90 Å². The van der Waals surface area contributed by atoms with E-state index >= 15 is 0 Å². The van der Waals surface area contributed by atoms with Crippen molar-refractivity contribution in [1.82, 2.24) is 0 Å². The first-order valence-electron chi connectivity index (χ1n) is 5.24. The number of hydrogen-bond donors (Lipinski definition) is 2. The fourth-order valence-corrected chi connectivity index (χ4v) is 2.24. The van der Waals surface area contributed by atoms with Gasteiger partial charge in [-0.05, 0) is 30.5 Å². The van der Waals surface area contributed by atoms with Crippen molar-refractivity contribution >= 4 is 5.97 Å². The average Bonchev–Trinajstić information content (AvgIpc) is 2.67. The Bertz CT molecular complexity index is 364. The van der Waals surface area contributed by atoms with Crippen LogP contribution in [0.4, 0.5) is 0 Å². The van der Waals surface area contributed by atoms with E-state index in [4.69, 9.17) is 10.8 Å². The molecule has 2 rings (SSSR count). The average molecular weight is 205 g/mol. The highest BCUT2D eigenvalue weighted by molar-refractivity contribution is 5.87. The summed E-state index contributed by atoms with van der Waals surface area (Å²) in [6, 6.07) is 6.94. The Kier molecular flexibility index (Phi) is 2.49. The molecule has 0 bridgehead atoms. The van der Waals surface area contributed by atoms with Crippen molar-refractivity contribution in [2.24, 2.45) is 5.73 Å². The van der Waals surface area contributed by atoms with Crippen LogP contribution in [-0.4, -0.2) is 11.1 Å². The summed E-state index contributed by atoms with van der Waals surface area (Å²) in [5, 5.41) is 8.77. The van der Waals surface area contributed by atoms with Crippen LogP contribution in [-0.2, 0) is 5.54 Å². The number of benzene rings is 1. The molecule has 1 aromatic rings. The molecule has 0 atom stereocenters. The van der Waals surface area contributed by atoms with Gasteiger partial charge in [-0.25, -0.2) is 4.79 Å². The standard InChI is InChI=1S/C12H15NO2/c13-12(7-1-2-8-12)10-5-3-9(4-6-10)11(14)15/h3-6H,1-2,7-8,13H2,(H,14,15). The molecule has 0 amide bonds. The molecule has 1 fully saturated rings. The number of carboxylic acid groups (broad SMARTS) is 1. The third-order valence-electron chi connectivity index (χ3n) is 3.20. The molecule has 0 unspecified atom stereocenters. The van der Waals surface area contributed by atoms with Crippen LogP contribution < -0.4 is 5.73 Å². The Balaban J connectivity index is 2.26. The summed E-state index contributed by atoms with van der Waals surface area (Å²) < 4.78 is 0. The minimum atomic E-state index is -0.890. The molecule has 3 heteroatoms. The highest BCUT2D eigenvalue weighted by Crippen LogP contribution is 2.36. The molecule has 1 saturated carbocycles. The summed E-state index contributed by atoms with van der Waals surface area (Å²) in [6.45, 7) is 0. The van der Waals surface area contributed by atoms with Crippen LogP contribution in [0.5, 0.6) is 0 Å². The lowest BCUT2D eigenvalue weighted by Crippen LogP contribution is -2.32. The zero-order chi connectivity index (χ0) is 10.9. The Morgan fingerprint density at radius 2 is 1.73 bits per heavy atom. The van der Waals surface area contributed by atoms with E-state index in [2.05, 4.69) is 0 Å². The quantitative estimate of drug-likeness (QED) is 0.777. The first kappa shape index (κ1) is 10.2. The predicted molar refractivity (Wildman–Crippen MR) is 57.7 cm³/mol. The van der Waals surface area contributed by atoms with Gasteiger partial charge in [0.1, 0.15) is 0 Å². The minimum Gasteiger partial charge on any atom is -0.478 e. The fourth-order valence-electron chi connectivity index (χ4n) is 2.24. The van der Waals surface area contributed by atoms with E-state index in [1.807, 2.05) is 12.1 Å². The van der Waals surface area contributed by atoms with E-state index in [1.165, 1.54) is 0 Å². The molecular formula is C12H15NO2. The van der Waals surface area contributed by atoms with Gasteiger partial charge in [0.2, 0.25) is 0 Å². The van der Waals surface area contributed by atoms with Gasteiger partial charge in [0.25, 0.3) is 0 Å². The van der Waals surface area contributed by atoms with Gasteiger partial charge in [0, 0.05) is 5.54 Å². The van der Waals surface area contributed by atoms with E-state index in [0.29, 0.717) is 5.56 Å². The maximum Gasteiger partial charge on any atom is 0.335 e. The van der Waals surface area contributed by atoms with Crippen molar-refractivity contribution in [3.8, 4) is 0 Å². The highest BCUT2D eigenvalue weighted by Gasteiger charge is 2.30. The Morgan fingerprint density at radius 1 is 1.20 bits per heavy atom. The lowest BCUT2D eigenvalue weighted by Gasteiger charge is -2.24. The van der Waals surface area contributed by atoms with Gasteiger partial charge in [-0.1, -0.05) is 25.0 Å². The van der Waals surface area contributed by atoms with Gasteiger partial charge in [0.05, 0.1) is 5.56 Å². The van der Waals surface area contributed by atoms with E-state index in [0.717, 1.165) is 31.2 Å². The number of carbonyl (C=O) groups is 1. The van der Waals surface area contributed by atoms with Crippen LogP contribution in [0.1, 0.15) is 41.6 Å². The second-order valence-electron chi connectivity index (χ2n) is 4.25. The van der Waals surface area contributed by atoms with Crippen molar-refractivity contribution in [2.45, 2.75) is 31.2 Å². The molecular weight excluding hydrogens is 190 g/mol. The van der Waals surface area contributed by atoms with Crippen LogP contribution in [0, 0.1) is 0 Å². The first-order valence-corrected chi connectivity index (χ1v) is 5.24. The first-order chi connectivity index (χ1) is 7.12. The Hall–Kier alpha value is -1.35. The number of nitrogens with two attached hydrogens (primary N) is 1. The van der Waals surface area contributed by atoms with Crippen molar-refractivity contribution in [3.05, 3.63) is 35.4 Å². The van der Waals surface area contributed by atoms with E-state index < -0.39 is 5.97 Å². The summed E-state index contributed by atoms with van der Waals surface area (Å²) in [4.78, 5) is 10.7. The van der Waals surface area contributed by atoms with Crippen LogP contribution >= 0.6 is 0 Å². The SMILES string of the molecule is NC1(c2ccc(C(=O)O)cc2)CCCC1. The van der Waals surface area contributed by atoms with Crippen LogP contribution in [0.15, 0.2) is 24.3 Å². The number of carboxylic acids is 1. The zero-order valence-corrected chi connectivity index (χ0v) is 8.57. The Morgan fingerprint density at radius 3 is 2.20 bits per heavy atom. The molecule has 0 saturated heterocycles. The van der Waals surface area contributed by atoms with E-state index in [1.54, 1.807) is 12.1 Å². The third kappa shape index (κ3) is 1.88. The summed E-state index contributed by atoms with van der Waals surface area (Å²) in [5.74, 6) is -0.890. The smallest absolute Gasteiger partial charge is 0.335 e. The lowest BCUT2D eigenvalue weighted by molar-refractivity contribution is 0.0697. The molecule has 0 heterocycles. The highest BCUT2D eigenvalue weighted by atomic mass is 16.4. The van der Waals surface area contributed by atoms with Crippen LogP contribution in [0.25, 0.3) is 0 Å². The number of rotatable bonds is 2. The van der Waals surface area contributed by atoms with Gasteiger partial charge in [-0.15, -0.1) is 0 Å².